The number of likely N-dealkylation sites (tertiary alicyclic amines) is 1. The maximum atomic E-state index is 12.9. The number of nitrogens with one attached hydrogen (secondary N) is 1. The molecule has 4 aromatic rings. The summed E-state index contributed by atoms with van der Waals surface area (Å²) in [7, 11) is 1.00. The average molecular weight is 649 g/mol. The quantitative estimate of drug-likeness (QED) is 0.152. The van der Waals surface area contributed by atoms with Crippen molar-refractivity contribution in [1.29, 1.82) is 0 Å². The number of nitrogen functional groups attached to an aromatic ring is 1. The summed E-state index contributed by atoms with van der Waals surface area (Å²) in [6.45, 7) is 12.8. The van der Waals surface area contributed by atoms with Crippen LogP contribution in [0.3, 0.4) is 0 Å². The molecule has 14 heteroatoms. The number of carbonyl (C=O) groups excluding carboxylic acids is 1. The molecule has 1 unspecified atom stereocenters. The van der Waals surface area contributed by atoms with E-state index in [1.165, 1.54) is 4.57 Å². The third-order valence-corrected chi connectivity index (χ3v) is 9.41. The minimum Gasteiger partial charge on any atom is -0.463 e. The molecular formula is C33H48N10O4. The van der Waals surface area contributed by atoms with Crippen LogP contribution in [0.1, 0.15) is 91.9 Å². The minimum absolute atomic E-state index is 0.132. The predicted octanol–water partition coefficient (Wildman–Crippen LogP) is 2.94. The highest BCUT2D eigenvalue weighted by molar-refractivity contribution is 5.82. The van der Waals surface area contributed by atoms with Gasteiger partial charge >= 0.3 is 11.7 Å². The maximum absolute atomic E-state index is 12.9. The number of carbonyl (C=O) groups is 1. The summed E-state index contributed by atoms with van der Waals surface area (Å²) in [4.78, 5) is 41.4. The van der Waals surface area contributed by atoms with Gasteiger partial charge in [0.05, 0.1) is 19.7 Å². The van der Waals surface area contributed by atoms with E-state index in [0.717, 1.165) is 108 Å². The van der Waals surface area contributed by atoms with Crippen molar-refractivity contribution in [1.82, 2.24) is 44.1 Å². The number of benzene rings is 1. The fourth-order valence-electron chi connectivity index (χ4n) is 6.46. The Morgan fingerprint density at radius 2 is 1.89 bits per heavy atom. The van der Waals surface area contributed by atoms with Crippen molar-refractivity contribution in [2.75, 3.05) is 39.1 Å². The van der Waals surface area contributed by atoms with Crippen molar-refractivity contribution in [3.8, 4) is 6.01 Å². The lowest BCUT2D eigenvalue weighted by molar-refractivity contribution is 0.112. The van der Waals surface area contributed by atoms with E-state index in [2.05, 4.69) is 60.3 Å². The lowest BCUT2D eigenvalue weighted by Gasteiger charge is -2.34. The molecule has 5 heterocycles. The summed E-state index contributed by atoms with van der Waals surface area (Å²) in [5.74, 6) is 2.79. The fourth-order valence-corrected chi connectivity index (χ4v) is 6.46. The lowest BCUT2D eigenvalue weighted by Crippen LogP contribution is -2.40. The number of nitrogens with zero attached hydrogens (tertiary/aromatic N) is 8. The van der Waals surface area contributed by atoms with Crippen LogP contribution >= 0.6 is 0 Å². The van der Waals surface area contributed by atoms with Gasteiger partial charge in [-0.15, -0.1) is 10.2 Å². The van der Waals surface area contributed by atoms with Crippen LogP contribution in [0.25, 0.3) is 11.2 Å². The Kier molecular flexibility index (Phi) is 11.4. The Bertz CT molecular complexity index is 1710. The first-order chi connectivity index (χ1) is 22.9. The number of anilines is 1. The number of hydrogen-bond acceptors (Lipinski definition) is 11. The highest BCUT2D eigenvalue weighted by Crippen LogP contribution is 2.30. The van der Waals surface area contributed by atoms with E-state index >= 15 is 0 Å². The maximum Gasteiger partial charge on any atom is 0.328 e. The van der Waals surface area contributed by atoms with Gasteiger partial charge in [-0.1, -0.05) is 32.4 Å². The number of H-pyrrole nitrogens is 1. The molecule has 2 aliphatic rings. The van der Waals surface area contributed by atoms with Gasteiger partial charge in [-0.3, -0.25) is 19.2 Å². The Labute approximate surface area is 275 Å². The van der Waals surface area contributed by atoms with Crippen molar-refractivity contribution in [2.24, 2.45) is 0 Å². The summed E-state index contributed by atoms with van der Waals surface area (Å²) in [6, 6.07) is 6.58. The topological polar surface area (TPSA) is 173 Å². The number of piperidine rings is 1. The largest absolute Gasteiger partial charge is 0.463 e. The van der Waals surface area contributed by atoms with Gasteiger partial charge in [0.2, 0.25) is 0 Å². The number of imidazole rings is 1. The average Bonchev–Trinajstić information content (AvgIpc) is 3.66. The molecule has 0 radical (unpaired) electrons. The van der Waals surface area contributed by atoms with Gasteiger partial charge in [0.15, 0.2) is 11.5 Å². The third-order valence-electron chi connectivity index (χ3n) is 9.41. The zero-order chi connectivity index (χ0) is 33.5. The number of aliphatic hydroxyl groups is 1. The van der Waals surface area contributed by atoms with E-state index in [9.17, 15) is 9.59 Å². The molecule has 3 aromatic heterocycles. The second-order valence-corrected chi connectivity index (χ2v) is 12.4. The van der Waals surface area contributed by atoms with E-state index in [0.29, 0.717) is 35.3 Å². The molecule has 0 aliphatic carbocycles. The van der Waals surface area contributed by atoms with E-state index in [-0.39, 0.29) is 24.1 Å². The summed E-state index contributed by atoms with van der Waals surface area (Å²) < 4.78 is 9.47. The van der Waals surface area contributed by atoms with Gasteiger partial charge in [-0.25, -0.2) is 4.79 Å². The fraction of sp³-hybridized carbons (Fsp3) is 0.576. The molecule has 1 aromatic carbocycles. The molecule has 1 atom stereocenters. The number of fused-ring (bicyclic) bond motifs is 2. The van der Waals surface area contributed by atoms with Crippen molar-refractivity contribution in [2.45, 2.75) is 91.0 Å². The molecule has 0 spiro atoms. The summed E-state index contributed by atoms with van der Waals surface area (Å²) >= 11 is 0. The number of hydrogen-bond donors (Lipinski definition) is 3. The Hall–Kier alpha value is -4.14. The van der Waals surface area contributed by atoms with E-state index in [4.69, 9.17) is 15.6 Å². The normalized spacial score (nSPS) is 16.4. The molecule has 4 N–H and O–H groups in total. The Balaban J connectivity index is 0.00000213. The number of aldehydes is 1. The molecule has 0 amide bonds. The van der Waals surface area contributed by atoms with Gasteiger partial charge < -0.3 is 25.1 Å². The monoisotopic (exact) mass is 648 g/mol. The first kappa shape index (κ1) is 34.2. The number of aromatic amines is 1. The Morgan fingerprint density at radius 3 is 2.62 bits per heavy atom. The van der Waals surface area contributed by atoms with Crippen LogP contribution in [0.4, 0.5) is 5.82 Å². The van der Waals surface area contributed by atoms with Crippen molar-refractivity contribution >= 4 is 23.3 Å². The van der Waals surface area contributed by atoms with E-state index in [1.807, 2.05) is 18.2 Å². The molecule has 1 fully saturated rings. The highest BCUT2D eigenvalue weighted by atomic mass is 16.5. The van der Waals surface area contributed by atoms with Gasteiger partial charge in [-0.2, -0.15) is 9.97 Å². The van der Waals surface area contributed by atoms with Crippen LogP contribution in [0.2, 0.25) is 0 Å². The van der Waals surface area contributed by atoms with Gasteiger partial charge in [0.1, 0.15) is 23.5 Å². The minimum atomic E-state index is -0.373. The van der Waals surface area contributed by atoms with Crippen LogP contribution in [-0.2, 0) is 26.2 Å². The molecule has 14 nitrogen and oxygen atoms in total. The van der Waals surface area contributed by atoms with Crippen molar-refractivity contribution < 1.29 is 14.6 Å². The lowest BCUT2D eigenvalue weighted by atomic mass is 9.95. The van der Waals surface area contributed by atoms with E-state index < -0.39 is 0 Å². The van der Waals surface area contributed by atoms with Crippen LogP contribution in [0.5, 0.6) is 6.01 Å². The second kappa shape index (κ2) is 15.6. The third kappa shape index (κ3) is 7.55. The smallest absolute Gasteiger partial charge is 0.328 e. The predicted molar refractivity (Wildman–Crippen MR) is 179 cm³/mol. The number of rotatable bonds is 12. The van der Waals surface area contributed by atoms with Crippen molar-refractivity contribution in [3.05, 3.63) is 57.0 Å². The number of nitrogens with two attached hydrogens (primary N) is 1. The summed E-state index contributed by atoms with van der Waals surface area (Å²) in [6.07, 6.45) is 5.88. The zero-order valence-electron chi connectivity index (χ0n) is 28.0. The number of aliphatic hydroxyl groups excluding tert-OH is 1. The van der Waals surface area contributed by atoms with Gasteiger partial charge in [0, 0.05) is 44.3 Å². The molecule has 2 aliphatic heterocycles. The Morgan fingerprint density at radius 1 is 1.11 bits per heavy atom. The molecule has 0 bridgehead atoms. The van der Waals surface area contributed by atoms with Crippen molar-refractivity contribution in [3.63, 3.8) is 0 Å². The number of aromatic nitrogens is 7. The summed E-state index contributed by atoms with van der Waals surface area (Å²) in [5, 5.41) is 16.2. The first-order valence-electron chi connectivity index (χ1n) is 16.7. The first-order valence-corrected chi connectivity index (χ1v) is 16.7. The molecule has 0 saturated carbocycles. The van der Waals surface area contributed by atoms with Crippen LogP contribution < -0.4 is 16.2 Å². The molecule has 1 saturated heterocycles. The number of ether oxygens (including phenoxy) is 1. The van der Waals surface area contributed by atoms with Gasteiger partial charge in [0.25, 0.3) is 0 Å². The van der Waals surface area contributed by atoms with Gasteiger partial charge in [-0.05, 0) is 62.9 Å². The standard InChI is InChI=1S/C32H44N10O3.CH4O/c1-4-6-15-45-31-35-28(33)27-30(36-31)42(32(44)34-27)18-24-8-7-22(16-25(24)20-43)17-39-11-9-23(10-12-39)29-38-37-26-19-40(21(3)5-2)13-14-41(26)29;1-2/h7-8,16,20-21,23H,4-6,9-15,17-19H2,1-3H3,(H,34,44)(H2,33,35,36);2H,1H3. The number of unbranched alkanes of at least 4 members (excludes halogenated alkanes) is 1. The molecule has 254 valence electrons. The second-order valence-electron chi connectivity index (χ2n) is 12.4. The van der Waals surface area contributed by atoms with Crippen LogP contribution in [-0.4, -0.2) is 94.9 Å². The summed E-state index contributed by atoms with van der Waals surface area (Å²) in [5.41, 5.74) is 8.78. The zero-order valence-corrected chi connectivity index (χ0v) is 28.0. The SMILES string of the molecule is CCCCOc1nc(N)c2[nH]c(=O)n(Cc3ccc(CN4CCC(c5nnc6n5CCN(C(C)CC)C6)CC4)cc3C=O)c2n1.CO. The van der Waals surface area contributed by atoms with Crippen LogP contribution in [0, 0.1) is 0 Å². The molecule has 6 rings (SSSR count). The highest BCUT2D eigenvalue weighted by Gasteiger charge is 2.29. The molecule has 47 heavy (non-hydrogen) atoms. The van der Waals surface area contributed by atoms with E-state index in [1.54, 1.807) is 0 Å². The molecular weight excluding hydrogens is 600 g/mol. The van der Waals surface area contributed by atoms with Crippen LogP contribution in [0.15, 0.2) is 23.0 Å².